The van der Waals surface area contributed by atoms with E-state index in [0.29, 0.717) is 11.1 Å². The maximum absolute atomic E-state index is 5.19. The van der Waals surface area contributed by atoms with E-state index in [1.807, 2.05) is 0 Å². The second-order valence-corrected chi connectivity index (χ2v) is 1.37. The van der Waals surface area contributed by atoms with Gasteiger partial charge in [-0.25, -0.2) is 0 Å². The van der Waals surface area contributed by atoms with Crippen LogP contribution in [0.4, 0.5) is 0 Å². The van der Waals surface area contributed by atoms with Crippen molar-refractivity contribution >= 4 is 0 Å². The molecule has 0 aliphatic rings. The predicted octanol–water partition coefficient (Wildman–Crippen LogP) is -4.25. The molecule has 0 atom stereocenters. The van der Waals surface area contributed by atoms with Crippen molar-refractivity contribution in [3.8, 4) is 0 Å². The molecule has 0 radical (unpaired) electrons. The van der Waals surface area contributed by atoms with Crippen molar-refractivity contribution < 1.29 is 37.7 Å². The van der Waals surface area contributed by atoms with Crippen LogP contribution in [0.25, 0.3) is 0 Å². The van der Waals surface area contributed by atoms with E-state index in [1.165, 1.54) is 0 Å². The fourth-order valence-corrected chi connectivity index (χ4v) is 0. The zero-order valence-corrected chi connectivity index (χ0v) is 6.15. The van der Waals surface area contributed by atoms with Gasteiger partial charge < -0.3 is 24.3 Å². The van der Waals surface area contributed by atoms with Crippen molar-refractivity contribution in [1.29, 1.82) is 0 Å². The van der Waals surface area contributed by atoms with Crippen LogP contribution in [0.15, 0.2) is 11.1 Å². The van der Waals surface area contributed by atoms with Gasteiger partial charge in [-0.05, 0) is 0 Å². The maximum Gasteiger partial charge on any atom is 1.00 e. The van der Waals surface area contributed by atoms with Gasteiger partial charge in [0.15, 0.2) is 0 Å². The van der Waals surface area contributed by atoms with E-state index in [0.717, 1.165) is 0 Å². The molecule has 0 N–H and O–H groups in total. The molecule has 0 saturated carbocycles. The molecule has 0 amide bonds. The summed E-state index contributed by atoms with van der Waals surface area (Å²) in [6, 6.07) is 0. The Balaban J connectivity index is -0.000000125. The monoisotopic (exact) mass is 94.1 g/mol. The summed E-state index contributed by atoms with van der Waals surface area (Å²) in [4.78, 5) is 0. The van der Waals surface area contributed by atoms with Crippen LogP contribution in [0.1, 0.15) is 13.8 Å². The van der Waals surface area contributed by atoms with E-state index in [9.17, 15) is 0 Å². The summed E-state index contributed by atoms with van der Waals surface area (Å²) in [5.74, 6) is 0. The van der Waals surface area contributed by atoms with Gasteiger partial charge in [-0.1, -0.05) is 0 Å². The molecule has 0 unspecified atom stereocenters. The Morgan fingerprint density at radius 2 is 1.00 bits per heavy atom. The van der Waals surface area contributed by atoms with E-state index < -0.39 is 0 Å². The normalized spacial score (nSPS) is 5.75. The number of allylic oxidation sites excluding steroid dienone is 2. The summed E-state index contributed by atoms with van der Waals surface area (Å²) < 4.78 is 0. The molecular formula is C6H8Li2. The summed E-state index contributed by atoms with van der Waals surface area (Å²) in [6.07, 6.45) is 0. The van der Waals surface area contributed by atoms with Gasteiger partial charge >= 0.3 is 37.7 Å². The average Bonchev–Trinajstić information content (AvgIpc) is 1.36. The second kappa shape index (κ2) is 7.67. The standard InChI is InChI=1S/C6H8.2Li/c1-5(2)6(3)4;;/h1,3H,2,4H3;;/q-2;2*+1. The number of rotatable bonds is 1. The minimum absolute atomic E-state index is 0. The van der Waals surface area contributed by atoms with Crippen LogP contribution in [-0.4, -0.2) is 0 Å². The van der Waals surface area contributed by atoms with Gasteiger partial charge in [-0.15, -0.1) is 13.8 Å². The predicted molar refractivity (Wildman–Crippen MR) is 27.0 cm³/mol. The fraction of sp³-hybridized carbons (Fsp3) is 0.333. The van der Waals surface area contributed by atoms with Crippen LogP contribution < -0.4 is 37.7 Å². The quantitative estimate of drug-likeness (QED) is 0.175. The van der Waals surface area contributed by atoms with Crippen molar-refractivity contribution in [1.82, 2.24) is 0 Å². The zero-order chi connectivity index (χ0) is 5.15. The van der Waals surface area contributed by atoms with Gasteiger partial charge in [-0.3, -0.25) is 0 Å². The van der Waals surface area contributed by atoms with Crippen molar-refractivity contribution in [3.05, 3.63) is 24.3 Å². The molecule has 8 heavy (non-hydrogen) atoms. The molecule has 0 heterocycles. The molecule has 34 valence electrons. The van der Waals surface area contributed by atoms with Crippen LogP contribution in [0.2, 0.25) is 0 Å². The van der Waals surface area contributed by atoms with Gasteiger partial charge in [0.05, 0.1) is 0 Å². The Bertz CT molecular complexity index is 72.5. The number of hydrogen-bond donors (Lipinski definition) is 0. The van der Waals surface area contributed by atoms with Crippen LogP contribution in [0.3, 0.4) is 0 Å². The maximum atomic E-state index is 5.19. The molecular weight excluding hydrogens is 85.9 g/mol. The summed E-state index contributed by atoms with van der Waals surface area (Å²) in [5, 5.41) is 0. The van der Waals surface area contributed by atoms with Gasteiger partial charge in [0.1, 0.15) is 0 Å². The van der Waals surface area contributed by atoms with Gasteiger partial charge in [0.25, 0.3) is 0 Å². The molecule has 0 aliphatic heterocycles. The van der Waals surface area contributed by atoms with Crippen LogP contribution >= 0.6 is 0 Å². The summed E-state index contributed by atoms with van der Waals surface area (Å²) in [7, 11) is 0. The molecule has 0 rings (SSSR count). The van der Waals surface area contributed by atoms with E-state index in [1.54, 1.807) is 13.8 Å². The zero-order valence-electron chi connectivity index (χ0n) is 6.15. The van der Waals surface area contributed by atoms with Crippen molar-refractivity contribution in [2.24, 2.45) is 0 Å². The summed E-state index contributed by atoms with van der Waals surface area (Å²) in [5.41, 5.74) is 1.41. The summed E-state index contributed by atoms with van der Waals surface area (Å²) in [6.45, 7) is 13.9. The molecule has 0 aromatic rings. The topological polar surface area (TPSA) is 0 Å². The van der Waals surface area contributed by atoms with E-state index >= 15 is 0 Å². The van der Waals surface area contributed by atoms with Crippen molar-refractivity contribution in [2.75, 3.05) is 0 Å². The third-order valence-corrected chi connectivity index (χ3v) is 0.622. The molecule has 0 fully saturated rings. The third kappa shape index (κ3) is 9.84. The molecule has 0 spiro atoms. The first-order valence-corrected chi connectivity index (χ1v) is 1.83. The first-order valence-electron chi connectivity index (χ1n) is 1.83. The van der Waals surface area contributed by atoms with Crippen LogP contribution in [0, 0.1) is 13.2 Å². The molecule has 0 aliphatic carbocycles. The Hall–Kier alpha value is 0.675. The number of hydrogen-bond acceptors (Lipinski definition) is 0. The Morgan fingerprint density at radius 1 is 0.875 bits per heavy atom. The van der Waals surface area contributed by atoms with Gasteiger partial charge in [0, 0.05) is 0 Å². The Kier molecular flexibility index (Phi) is 15.2. The molecule has 2 heteroatoms. The molecule has 0 aromatic heterocycles. The van der Waals surface area contributed by atoms with Crippen LogP contribution in [0.5, 0.6) is 0 Å². The molecule has 0 saturated heterocycles. The smallest absolute Gasteiger partial charge is 0.391 e. The molecule has 0 aromatic carbocycles. The van der Waals surface area contributed by atoms with Crippen molar-refractivity contribution in [3.63, 3.8) is 0 Å². The molecule has 0 nitrogen and oxygen atoms in total. The first-order chi connectivity index (χ1) is 2.64. The molecule has 0 bridgehead atoms. The third-order valence-electron chi connectivity index (χ3n) is 0.622. The van der Waals surface area contributed by atoms with E-state index in [2.05, 4.69) is 0 Å². The van der Waals surface area contributed by atoms with Gasteiger partial charge in [-0.2, -0.15) is 0 Å². The van der Waals surface area contributed by atoms with Crippen LogP contribution in [-0.2, 0) is 0 Å². The van der Waals surface area contributed by atoms with Crippen molar-refractivity contribution in [2.45, 2.75) is 13.8 Å². The first kappa shape index (κ1) is 15.9. The van der Waals surface area contributed by atoms with Gasteiger partial charge in [0.2, 0.25) is 0 Å². The average molecular weight is 94.0 g/mol. The SMILES string of the molecule is [CH-]=C(C)C(=[CH-])C.[Li+].[Li+]. The summed E-state index contributed by atoms with van der Waals surface area (Å²) >= 11 is 0. The largest absolute Gasteiger partial charge is 1.00 e. The second-order valence-electron chi connectivity index (χ2n) is 1.37. The Morgan fingerprint density at radius 3 is 1.00 bits per heavy atom. The fourth-order valence-electron chi connectivity index (χ4n) is 0. The Labute approximate surface area is 75.8 Å². The minimum atomic E-state index is 0. The minimum Gasteiger partial charge on any atom is -0.391 e. The van der Waals surface area contributed by atoms with E-state index in [4.69, 9.17) is 13.2 Å². The van der Waals surface area contributed by atoms with E-state index in [-0.39, 0.29) is 37.7 Å².